The summed E-state index contributed by atoms with van der Waals surface area (Å²) in [4.78, 5) is 14.3. The molecule has 23 heavy (non-hydrogen) atoms. The molecule has 0 atom stereocenters. The molecule has 1 aromatic carbocycles. The van der Waals surface area contributed by atoms with Gasteiger partial charge in [-0.1, -0.05) is 30.3 Å². The minimum atomic E-state index is -0.430. The molecule has 0 N–H and O–H groups in total. The number of pyridine rings is 1. The lowest BCUT2D eigenvalue weighted by molar-refractivity contribution is 0.610. The van der Waals surface area contributed by atoms with Gasteiger partial charge in [0.25, 0.3) is 0 Å². The molecule has 0 fully saturated rings. The number of nitrogens with zero attached hydrogens (tertiary/aromatic N) is 4. The van der Waals surface area contributed by atoms with Crippen LogP contribution in [0.25, 0.3) is 0 Å². The molecule has 116 valence electrons. The van der Waals surface area contributed by atoms with Gasteiger partial charge >= 0.3 is 0 Å². The largest absolute Gasteiger partial charge is 0.336 e. The van der Waals surface area contributed by atoms with Crippen LogP contribution in [0.5, 0.6) is 0 Å². The first kappa shape index (κ1) is 15.1. The highest BCUT2D eigenvalue weighted by atomic mass is 19.1. The molecule has 0 unspecified atom stereocenters. The monoisotopic (exact) mass is 308 g/mol. The van der Waals surface area contributed by atoms with E-state index >= 15 is 0 Å². The predicted molar refractivity (Wildman–Crippen MR) is 87.4 cm³/mol. The fourth-order valence-corrected chi connectivity index (χ4v) is 2.34. The maximum absolute atomic E-state index is 13.1. The molecule has 0 saturated carbocycles. The van der Waals surface area contributed by atoms with Gasteiger partial charge in [-0.05, 0) is 29.7 Å². The molecule has 2 heterocycles. The van der Waals surface area contributed by atoms with E-state index in [1.54, 1.807) is 12.4 Å². The number of halogens is 1. The van der Waals surface area contributed by atoms with Crippen LogP contribution in [0.2, 0.25) is 0 Å². The van der Waals surface area contributed by atoms with Crippen molar-refractivity contribution in [2.24, 2.45) is 0 Å². The van der Waals surface area contributed by atoms with Gasteiger partial charge in [-0.2, -0.15) is 0 Å². The third-order valence-corrected chi connectivity index (χ3v) is 3.53. The predicted octanol–water partition coefficient (Wildman–Crippen LogP) is 3.26. The van der Waals surface area contributed by atoms with E-state index in [0.717, 1.165) is 18.5 Å². The molecule has 3 aromatic rings. The molecule has 0 spiro atoms. The fraction of sp³-hybridized carbons (Fsp3) is 0.167. The van der Waals surface area contributed by atoms with Crippen molar-refractivity contribution in [3.05, 3.63) is 84.2 Å². The third kappa shape index (κ3) is 4.32. The SMILES string of the molecule is Fc1cnc(N(CCc2ccccc2)Cc2ccncc2)nc1. The number of rotatable bonds is 6. The van der Waals surface area contributed by atoms with Gasteiger partial charge in [0, 0.05) is 25.5 Å². The van der Waals surface area contributed by atoms with Gasteiger partial charge in [-0.25, -0.2) is 14.4 Å². The molecule has 0 bridgehead atoms. The van der Waals surface area contributed by atoms with E-state index in [-0.39, 0.29) is 0 Å². The molecule has 0 saturated heterocycles. The number of hydrogen-bond donors (Lipinski definition) is 0. The summed E-state index contributed by atoms with van der Waals surface area (Å²) in [6.45, 7) is 1.40. The van der Waals surface area contributed by atoms with Crippen LogP contribution < -0.4 is 4.90 Å². The zero-order chi connectivity index (χ0) is 15.9. The second kappa shape index (κ2) is 7.45. The number of hydrogen-bond acceptors (Lipinski definition) is 4. The average molecular weight is 308 g/mol. The standard InChI is InChI=1S/C18H17FN4/c19-17-12-21-18(22-13-17)23(14-16-6-9-20-10-7-16)11-8-15-4-2-1-3-5-15/h1-7,9-10,12-13H,8,11,14H2. The Morgan fingerprint density at radius 2 is 1.57 bits per heavy atom. The van der Waals surface area contributed by atoms with Crippen molar-refractivity contribution >= 4 is 5.95 Å². The molecule has 0 aliphatic carbocycles. The van der Waals surface area contributed by atoms with E-state index < -0.39 is 5.82 Å². The maximum Gasteiger partial charge on any atom is 0.225 e. The first-order chi connectivity index (χ1) is 11.3. The first-order valence-electron chi connectivity index (χ1n) is 7.46. The van der Waals surface area contributed by atoms with Gasteiger partial charge in [0.1, 0.15) is 0 Å². The topological polar surface area (TPSA) is 41.9 Å². The quantitative estimate of drug-likeness (QED) is 0.701. The Morgan fingerprint density at radius 3 is 2.26 bits per heavy atom. The van der Waals surface area contributed by atoms with Crippen LogP contribution in [-0.4, -0.2) is 21.5 Å². The fourth-order valence-electron chi connectivity index (χ4n) is 2.34. The summed E-state index contributed by atoms with van der Waals surface area (Å²) in [6.07, 6.45) is 6.79. The first-order valence-corrected chi connectivity index (χ1v) is 7.46. The summed E-state index contributed by atoms with van der Waals surface area (Å²) in [7, 11) is 0. The van der Waals surface area contributed by atoms with Gasteiger partial charge < -0.3 is 4.90 Å². The van der Waals surface area contributed by atoms with E-state index in [4.69, 9.17) is 0 Å². The van der Waals surface area contributed by atoms with Crippen molar-refractivity contribution in [1.82, 2.24) is 15.0 Å². The van der Waals surface area contributed by atoms with Crippen molar-refractivity contribution in [3.8, 4) is 0 Å². The Hall–Kier alpha value is -2.82. The highest BCUT2D eigenvalue weighted by molar-refractivity contribution is 5.32. The van der Waals surface area contributed by atoms with Crippen LogP contribution in [0.15, 0.2) is 67.3 Å². The number of benzene rings is 1. The second-order valence-corrected chi connectivity index (χ2v) is 5.21. The maximum atomic E-state index is 13.1. The van der Waals surface area contributed by atoms with Crippen LogP contribution >= 0.6 is 0 Å². The van der Waals surface area contributed by atoms with Gasteiger partial charge in [0.15, 0.2) is 5.82 Å². The molecule has 5 heteroatoms. The van der Waals surface area contributed by atoms with E-state index in [2.05, 4.69) is 27.1 Å². The van der Waals surface area contributed by atoms with Crippen LogP contribution in [-0.2, 0) is 13.0 Å². The summed E-state index contributed by atoms with van der Waals surface area (Å²) >= 11 is 0. The van der Waals surface area contributed by atoms with Crippen molar-refractivity contribution < 1.29 is 4.39 Å². The Balaban J connectivity index is 1.76. The normalized spacial score (nSPS) is 10.5. The highest BCUT2D eigenvalue weighted by Crippen LogP contribution is 2.13. The van der Waals surface area contributed by atoms with Gasteiger partial charge in [0.05, 0.1) is 12.4 Å². The molecule has 0 radical (unpaired) electrons. The minimum Gasteiger partial charge on any atom is -0.336 e. The lowest BCUT2D eigenvalue weighted by Gasteiger charge is -2.22. The number of anilines is 1. The van der Waals surface area contributed by atoms with E-state index in [9.17, 15) is 4.39 Å². The zero-order valence-electron chi connectivity index (χ0n) is 12.6. The van der Waals surface area contributed by atoms with Crippen LogP contribution in [0, 0.1) is 5.82 Å². The summed E-state index contributed by atoms with van der Waals surface area (Å²) in [5.74, 6) is 0.0970. The van der Waals surface area contributed by atoms with Gasteiger partial charge in [-0.3, -0.25) is 4.98 Å². The Labute approximate surface area is 134 Å². The van der Waals surface area contributed by atoms with Crippen molar-refractivity contribution in [3.63, 3.8) is 0 Å². The van der Waals surface area contributed by atoms with Crippen molar-refractivity contribution in [2.75, 3.05) is 11.4 Å². The lowest BCUT2D eigenvalue weighted by Crippen LogP contribution is -2.27. The molecule has 3 rings (SSSR count). The smallest absolute Gasteiger partial charge is 0.225 e. The molecule has 0 aliphatic heterocycles. The summed E-state index contributed by atoms with van der Waals surface area (Å²) in [5, 5.41) is 0. The van der Waals surface area contributed by atoms with E-state index in [1.165, 1.54) is 18.0 Å². The molecular formula is C18H17FN4. The van der Waals surface area contributed by atoms with Gasteiger partial charge in [0.2, 0.25) is 5.95 Å². The lowest BCUT2D eigenvalue weighted by atomic mass is 10.1. The van der Waals surface area contributed by atoms with Crippen LogP contribution in [0.4, 0.5) is 10.3 Å². The summed E-state index contributed by atoms with van der Waals surface area (Å²) in [5.41, 5.74) is 2.36. The Morgan fingerprint density at radius 1 is 0.870 bits per heavy atom. The average Bonchev–Trinajstić information content (AvgIpc) is 2.61. The minimum absolute atomic E-state index is 0.430. The zero-order valence-corrected chi connectivity index (χ0v) is 12.6. The van der Waals surface area contributed by atoms with E-state index in [1.807, 2.05) is 35.2 Å². The molecule has 4 nitrogen and oxygen atoms in total. The molecule has 2 aromatic heterocycles. The van der Waals surface area contributed by atoms with E-state index in [0.29, 0.717) is 12.5 Å². The third-order valence-electron chi connectivity index (χ3n) is 3.53. The van der Waals surface area contributed by atoms with Crippen molar-refractivity contribution in [1.29, 1.82) is 0 Å². The van der Waals surface area contributed by atoms with Gasteiger partial charge in [-0.15, -0.1) is 0 Å². The Kier molecular flexibility index (Phi) is 4.88. The summed E-state index contributed by atoms with van der Waals surface area (Å²) < 4.78 is 13.1. The molecule has 0 amide bonds. The second-order valence-electron chi connectivity index (χ2n) is 5.21. The van der Waals surface area contributed by atoms with Crippen LogP contribution in [0.3, 0.4) is 0 Å². The Bertz CT molecular complexity index is 717. The van der Waals surface area contributed by atoms with Crippen LogP contribution in [0.1, 0.15) is 11.1 Å². The summed E-state index contributed by atoms with van der Waals surface area (Å²) in [6, 6.07) is 14.2. The van der Waals surface area contributed by atoms with Crippen molar-refractivity contribution in [2.45, 2.75) is 13.0 Å². The molecule has 0 aliphatic rings. The molecular weight excluding hydrogens is 291 g/mol. The highest BCUT2D eigenvalue weighted by Gasteiger charge is 2.11. The number of aromatic nitrogens is 3.